The Morgan fingerprint density at radius 3 is 2.75 bits per heavy atom. The van der Waals surface area contributed by atoms with Crippen molar-refractivity contribution in [2.24, 2.45) is 5.41 Å². The lowest BCUT2D eigenvalue weighted by molar-refractivity contribution is -0.547. The fourth-order valence-corrected chi connectivity index (χ4v) is 1.72. The van der Waals surface area contributed by atoms with E-state index in [1.54, 1.807) is 32.2 Å². The highest BCUT2D eigenvalue weighted by Crippen LogP contribution is 2.37. The van der Waals surface area contributed by atoms with Crippen LogP contribution in [0, 0.1) is 15.5 Å². The van der Waals surface area contributed by atoms with Gasteiger partial charge in [-0.05, 0) is 12.1 Å². The Labute approximate surface area is 93.7 Å². The van der Waals surface area contributed by atoms with Gasteiger partial charge in [-0.25, -0.2) is 0 Å². The minimum absolute atomic E-state index is 0.146. The van der Waals surface area contributed by atoms with Crippen LogP contribution >= 0.6 is 0 Å². The van der Waals surface area contributed by atoms with Crippen LogP contribution in [0.5, 0.6) is 0 Å². The van der Waals surface area contributed by atoms with Crippen molar-refractivity contribution < 1.29 is 9.72 Å². The molecule has 0 fully saturated rings. The molecule has 1 unspecified atom stereocenters. The van der Waals surface area contributed by atoms with Gasteiger partial charge in [-0.2, -0.15) is 0 Å². The zero-order valence-corrected chi connectivity index (χ0v) is 9.29. The first kappa shape index (κ1) is 12.3. The van der Waals surface area contributed by atoms with Gasteiger partial charge in [-0.3, -0.25) is 15.1 Å². The molecule has 1 aromatic rings. The van der Waals surface area contributed by atoms with E-state index in [1.807, 2.05) is 0 Å². The molecule has 1 heterocycles. The number of hydrogen-bond acceptors (Lipinski definition) is 4. The Morgan fingerprint density at radius 2 is 2.31 bits per heavy atom. The van der Waals surface area contributed by atoms with Crippen molar-refractivity contribution in [1.29, 1.82) is 0 Å². The number of hydrogen-bond donors (Lipinski definition) is 0. The maximum absolute atomic E-state index is 11.1. The molecule has 16 heavy (non-hydrogen) atoms. The first-order chi connectivity index (χ1) is 7.49. The first-order valence-electron chi connectivity index (χ1n) is 4.96. The molecule has 5 heteroatoms. The molecule has 86 valence electrons. The van der Waals surface area contributed by atoms with Crippen LogP contribution in [0.25, 0.3) is 0 Å². The standard InChI is InChI=1S/C11H14N2O3/c1-11(2,5-7-14)10(13(15)16)9-4-3-6-12-8-9/h3-4,6-8,10H,5H2,1-2H3. The third kappa shape index (κ3) is 2.62. The van der Waals surface area contributed by atoms with E-state index < -0.39 is 11.5 Å². The average Bonchev–Trinajstić information content (AvgIpc) is 2.17. The molecule has 5 nitrogen and oxygen atoms in total. The van der Waals surface area contributed by atoms with E-state index in [1.165, 1.54) is 6.20 Å². The van der Waals surface area contributed by atoms with Crippen LogP contribution in [0.3, 0.4) is 0 Å². The molecule has 0 radical (unpaired) electrons. The predicted octanol–water partition coefficient (Wildman–Crippen LogP) is 2.01. The van der Waals surface area contributed by atoms with Crippen molar-refractivity contribution in [2.45, 2.75) is 26.3 Å². The van der Waals surface area contributed by atoms with Crippen molar-refractivity contribution in [2.75, 3.05) is 0 Å². The Morgan fingerprint density at radius 1 is 1.62 bits per heavy atom. The maximum Gasteiger partial charge on any atom is 0.244 e. The molecule has 1 aromatic heterocycles. The van der Waals surface area contributed by atoms with Gasteiger partial charge in [0, 0.05) is 34.7 Å². The fourth-order valence-electron chi connectivity index (χ4n) is 1.72. The second-order valence-electron chi connectivity index (χ2n) is 4.33. The quantitative estimate of drug-likeness (QED) is 0.434. The number of rotatable bonds is 5. The first-order valence-corrected chi connectivity index (χ1v) is 4.96. The van der Waals surface area contributed by atoms with Gasteiger partial charge < -0.3 is 4.79 Å². The number of nitro groups is 1. The second kappa shape index (κ2) is 4.83. The Kier molecular flexibility index (Phi) is 3.71. The molecule has 0 amide bonds. The summed E-state index contributed by atoms with van der Waals surface area (Å²) in [5.74, 6) is 0. The molecule has 1 atom stereocenters. The number of nitrogens with zero attached hydrogens (tertiary/aromatic N) is 2. The lowest BCUT2D eigenvalue weighted by atomic mass is 9.79. The minimum Gasteiger partial charge on any atom is -0.303 e. The van der Waals surface area contributed by atoms with Crippen molar-refractivity contribution in [1.82, 2.24) is 4.98 Å². The van der Waals surface area contributed by atoms with Gasteiger partial charge in [0.25, 0.3) is 0 Å². The molecule has 0 saturated heterocycles. The molecule has 0 aromatic carbocycles. The molecule has 0 bridgehead atoms. The van der Waals surface area contributed by atoms with Crippen LogP contribution in [-0.2, 0) is 4.79 Å². The summed E-state index contributed by atoms with van der Waals surface area (Å²) in [5.41, 5.74) is -0.187. The highest BCUT2D eigenvalue weighted by molar-refractivity contribution is 5.51. The van der Waals surface area contributed by atoms with Crippen LogP contribution in [0.2, 0.25) is 0 Å². The van der Waals surface area contributed by atoms with Gasteiger partial charge in [0.2, 0.25) is 6.04 Å². The van der Waals surface area contributed by atoms with Gasteiger partial charge in [-0.15, -0.1) is 0 Å². The topological polar surface area (TPSA) is 73.1 Å². The van der Waals surface area contributed by atoms with E-state index in [9.17, 15) is 14.9 Å². The smallest absolute Gasteiger partial charge is 0.244 e. The summed E-state index contributed by atoms with van der Waals surface area (Å²) >= 11 is 0. The summed E-state index contributed by atoms with van der Waals surface area (Å²) in [5, 5.41) is 11.1. The highest BCUT2D eigenvalue weighted by atomic mass is 16.6. The number of carbonyl (C=O) groups excluding carboxylic acids is 1. The summed E-state index contributed by atoms with van der Waals surface area (Å²) in [4.78, 5) is 25.1. The summed E-state index contributed by atoms with van der Waals surface area (Å²) in [7, 11) is 0. The summed E-state index contributed by atoms with van der Waals surface area (Å²) in [6, 6.07) is 2.40. The van der Waals surface area contributed by atoms with E-state index in [-0.39, 0.29) is 11.3 Å². The van der Waals surface area contributed by atoms with Crippen LogP contribution in [-0.4, -0.2) is 16.2 Å². The number of aldehydes is 1. The molecule has 0 N–H and O–H groups in total. The van der Waals surface area contributed by atoms with Crippen LogP contribution < -0.4 is 0 Å². The molecule has 0 saturated carbocycles. The lowest BCUT2D eigenvalue weighted by Gasteiger charge is -2.25. The van der Waals surface area contributed by atoms with E-state index in [0.29, 0.717) is 11.8 Å². The van der Waals surface area contributed by atoms with Gasteiger partial charge >= 0.3 is 0 Å². The van der Waals surface area contributed by atoms with Crippen molar-refractivity contribution in [3.05, 3.63) is 40.2 Å². The molecular weight excluding hydrogens is 208 g/mol. The third-order valence-corrected chi connectivity index (χ3v) is 2.56. The maximum atomic E-state index is 11.1. The van der Waals surface area contributed by atoms with E-state index in [4.69, 9.17) is 0 Å². The highest BCUT2D eigenvalue weighted by Gasteiger charge is 2.40. The molecule has 0 spiro atoms. The van der Waals surface area contributed by atoms with Gasteiger partial charge in [-0.1, -0.05) is 13.8 Å². The predicted molar refractivity (Wildman–Crippen MR) is 58.4 cm³/mol. The molecule has 0 aliphatic rings. The minimum atomic E-state index is -0.911. The van der Waals surface area contributed by atoms with Crippen LogP contribution in [0.1, 0.15) is 31.9 Å². The van der Waals surface area contributed by atoms with Crippen molar-refractivity contribution in [3.8, 4) is 0 Å². The average molecular weight is 222 g/mol. The summed E-state index contributed by atoms with van der Waals surface area (Å²) < 4.78 is 0. The van der Waals surface area contributed by atoms with E-state index in [0.717, 1.165) is 0 Å². The normalized spacial score (nSPS) is 13.1. The van der Waals surface area contributed by atoms with Crippen LogP contribution in [0.15, 0.2) is 24.5 Å². The second-order valence-corrected chi connectivity index (χ2v) is 4.33. The fraction of sp³-hybridized carbons (Fsp3) is 0.455. The third-order valence-electron chi connectivity index (χ3n) is 2.56. The zero-order valence-electron chi connectivity index (χ0n) is 9.29. The molecule has 0 aliphatic heterocycles. The molecule has 0 aliphatic carbocycles. The van der Waals surface area contributed by atoms with Gasteiger partial charge in [0.15, 0.2) is 0 Å². The molecular formula is C11H14N2O3. The Balaban J connectivity index is 3.10. The van der Waals surface area contributed by atoms with E-state index >= 15 is 0 Å². The molecule has 1 rings (SSSR count). The summed E-state index contributed by atoms with van der Waals surface area (Å²) in [6.45, 7) is 3.42. The number of carbonyl (C=O) groups is 1. The Hall–Kier alpha value is -1.78. The summed E-state index contributed by atoms with van der Waals surface area (Å²) in [6.07, 6.45) is 3.90. The van der Waals surface area contributed by atoms with Gasteiger partial charge in [0.1, 0.15) is 6.29 Å². The van der Waals surface area contributed by atoms with Gasteiger partial charge in [0.05, 0.1) is 0 Å². The zero-order chi connectivity index (χ0) is 12.2. The largest absolute Gasteiger partial charge is 0.303 e. The lowest BCUT2D eigenvalue weighted by Crippen LogP contribution is -2.29. The SMILES string of the molecule is CC(C)(CC=O)C(c1cccnc1)[N+](=O)[O-]. The number of aromatic nitrogens is 1. The van der Waals surface area contributed by atoms with Crippen molar-refractivity contribution >= 4 is 6.29 Å². The van der Waals surface area contributed by atoms with E-state index in [2.05, 4.69) is 4.98 Å². The van der Waals surface area contributed by atoms with Crippen molar-refractivity contribution in [3.63, 3.8) is 0 Å². The number of pyridine rings is 1. The van der Waals surface area contributed by atoms with Crippen LogP contribution in [0.4, 0.5) is 0 Å². The monoisotopic (exact) mass is 222 g/mol. The Bertz CT molecular complexity index is 376.